The van der Waals surface area contributed by atoms with Gasteiger partial charge in [-0.25, -0.2) is 5.43 Å². The summed E-state index contributed by atoms with van der Waals surface area (Å²) in [6, 6.07) is 10.5. The lowest BCUT2D eigenvalue weighted by atomic mass is 10.1. The third-order valence-corrected chi connectivity index (χ3v) is 4.20. The summed E-state index contributed by atoms with van der Waals surface area (Å²) in [5, 5.41) is 6.82. The van der Waals surface area contributed by atoms with Crippen LogP contribution < -0.4 is 20.2 Å². The molecule has 0 spiro atoms. The molecule has 0 radical (unpaired) electrons. The summed E-state index contributed by atoms with van der Waals surface area (Å²) in [6.07, 6.45) is 0.0686. The van der Waals surface area contributed by atoms with Crippen LogP contribution in [0.25, 0.3) is 0 Å². The molecule has 0 saturated carbocycles. The van der Waals surface area contributed by atoms with Gasteiger partial charge < -0.3 is 14.8 Å². The van der Waals surface area contributed by atoms with Crippen LogP contribution in [-0.4, -0.2) is 31.7 Å². The Morgan fingerprint density at radius 1 is 0.964 bits per heavy atom. The van der Waals surface area contributed by atoms with Crippen molar-refractivity contribution in [2.24, 2.45) is 5.10 Å². The van der Waals surface area contributed by atoms with Crippen molar-refractivity contribution in [1.29, 1.82) is 0 Å². The lowest BCUT2D eigenvalue weighted by Crippen LogP contribution is -2.21. The van der Waals surface area contributed by atoms with E-state index in [-0.39, 0.29) is 12.3 Å². The number of nitrogens with one attached hydrogen (secondary N) is 2. The molecule has 0 fully saturated rings. The van der Waals surface area contributed by atoms with E-state index in [0.717, 1.165) is 16.8 Å². The van der Waals surface area contributed by atoms with E-state index in [4.69, 9.17) is 9.47 Å². The van der Waals surface area contributed by atoms with Crippen LogP contribution in [-0.2, 0) is 4.79 Å². The van der Waals surface area contributed by atoms with Crippen LogP contribution in [0.5, 0.6) is 11.5 Å². The zero-order chi connectivity index (χ0) is 20.7. The van der Waals surface area contributed by atoms with Gasteiger partial charge in [0.1, 0.15) is 0 Å². The Labute approximate surface area is 164 Å². The van der Waals surface area contributed by atoms with Gasteiger partial charge in [0.2, 0.25) is 5.91 Å². The minimum absolute atomic E-state index is 0.0686. The maximum absolute atomic E-state index is 12.2. The Hall–Kier alpha value is -3.35. The average Bonchev–Trinajstić information content (AvgIpc) is 2.68. The van der Waals surface area contributed by atoms with Crippen molar-refractivity contribution in [3.05, 3.63) is 53.1 Å². The summed E-state index contributed by atoms with van der Waals surface area (Å²) in [4.78, 5) is 24.4. The topological polar surface area (TPSA) is 89.0 Å². The molecule has 2 aromatic rings. The summed E-state index contributed by atoms with van der Waals surface area (Å²) in [5.74, 6) is 0.366. The predicted octanol–water partition coefficient (Wildman–Crippen LogP) is 3.46. The SMILES string of the molecule is COc1ccc(C(=O)N/N=C(\C)CC(=O)Nc2ccc(C)c(C)c2)cc1OC. The zero-order valence-electron chi connectivity index (χ0n) is 16.8. The predicted molar refractivity (Wildman–Crippen MR) is 109 cm³/mol. The highest BCUT2D eigenvalue weighted by Gasteiger charge is 2.11. The number of amides is 2. The van der Waals surface area contributed by atoms with Crippen LogP contribution >= 0.6 is 0 Å². The van der Waals surface area contributed by atoms with Gasteiger partial charge in [-0.15, -0.1) is 0 Å². The van der Waals surface area contributed by atoms with E-state index in [1.54, 1.807) is 25.1 Å². The van der Waals surface area contributed by atoms with Gasteiger partial charge in [0.05, 0.1) is 20.6 Å². The first kappa shape index (κ1) is 21.0. The quantitative estimate of drug-likeness (QED) is 0.566. The number of hydrogen-bond donors (Lipinski definition) is 2. The van der Waals surface area contributed by atoms with E-state index in [2.05, 4.69) is 15.8 Å². The number of nitrogens with zero attached hydrogens (tertiary/aromatic N) is 1. The third kappa shape index (κ3) is 5.57. The van der Waals surface area contributed by atoms with Crippen LogP contribution in [0.15, 0.2) is 41.5 Å². The molecule has 7 heteroatoms. The Kier molecular flexibility index (Phi) is 7.14. The lowest BCUT2D eigenvalue weighted by molar-refractivity contribution is -0.115. The van der Waals surface area contributed by atoms with Gasteiger partial charge in [0.25, 0.3) is 5.91 Å². The largest absolute Gasteiger partial charge is 0.493 e. The van der Waals surface area contributed by atoms with Crippen molar-refractivity contribution in [2.45, 2.75) is 27.2 Å². The molecule has 0 saturated heterocycles. The Morgan fingerprint density at radius 3 is 2.32 bits per heavy atom. The average molecular weight is 383 g/mol. The van der Waals surface area contributed by atoms with Gasteiger partial charge in [-0.1, -0.05) is 6.07 Å². The van der Waals surface area contributed by atoms with Crippen LogP contribution in [0.2, 0.25) is 0 Å². The standard InChI is InChI=1S/C21H25N3O4/c1-13-6-8-17(10-14(13)2)22-20(25)11-15(3)23-24-21(26)16-7-9-18(27-4)19(12-16)28-5/h6-10,12H,11H2,1-5H3,(H,22,25)(H,24,26)/b23-15+. The summed E-state index contributed by atoms with van der Waals surface area (Å²) in [5.41, 5.74) is 6.29. The van der Waals surface area contributed by atoms with Gasteiger partial charge in [-0.3, -0.25) is 9.59 Å². The molecule has 148 valence electrons. The fourth-order valence-corrected chi connectivity index (χ4v) is 2.48. The second-order valence-corrected chi connectivity index (χ2v) is 6.38. The van der Waals surface area contributed by atoms with E-state index in [1.807, 2.05) is 32.0 Å². The van der Waals surface area contributed by atoms with E-state index in [1.165, 1.54) is 14.2 Å². The molecule has 0 aliphatic heterocycles. The third-order valence-electron chi connectivity index (χ3n) is 4.20. The van der Waals surface area contributed by atoms with Crippen molar-refractivity contribution in [3.63, 3.8) is 0 Å². The molecule has 2 amide bonds. The normalized spacial score (nSPS) is 11.0. The molecule has 2 N–H and O–H groups in total. The first-order valence-corrected chi connectivity index (χ1v) is 8.76. The number of benzene rings is 2. The number of hydrazone groups is 1. The first-order valence-electron chi connectivity index (χ1n) is 8.76. The molecule has 0 unspecified atom stereocenters. The number of rotatable bonds is 7. The highest BCUT2D eigenvalue weighted by molar-refractivity contribution is 6.06. The highest BCUT2D eigenvalue weighted by Crippen LogP contribution is 2.27. The summed E-state index contributed by atoms with van der Waals surface area (Å²) >= 11 is 0. The van der Waals surface area contributed by atoms with E-state index >= 15 is 0 Å². The first-order chi connectivity index (χ1) is 13.3. The number of hydrogen-bond acceptors (Lipinski definition) is 5. The summed E-state index contributed by atoms with van der Waals surface area (Å²) < 4.78 is 10.3. The van der Waals surface area contributed by atoms with Gasteiger partial charge in [-0.2, -0.15) is 5.10 Å². The number of ether oxygens (including phenoxy) is 2. The number of aryl methyl sites for hydroxylation is 2. The molecular formula is C21H25N3O4. The lowest BCUT2D eigenvalue weighted by Gasteiger charge is -2.09. The maximum Gasteiger partial charge on any atom is 0.271 e. The summed E-state index contributed by atoms with van der Waals surface area (Å²) in [6.45, 7) is 5.68. The van der Waals surface area contributed by atoms with E-state index in [0.29, 0.717) is 22.8 Å². The fraction of sp³-hybridized carbons (Fsp3) is 0.286. The number of carbonyl (C=O) groups excluding carboxylic acids is 2. The smallest absolute Gasteiger partial charge is 0.271 e. The highest BCUT2D eigenvalue weighted by atomic mass is 16.5. The minimum atomic E-state index is -0.408. The van der Waals surface area contributed by atoms with Crippen molar-refractivity contribution in [2.75, 3.05) is 19.5 Å². The van der Waals surface area contributed by atoms with Crippen molar-refractivity contribution in [3.8, 4) is 11.5 Å². The molecule has 7 nitrogen and oxygen atoms in total. The molecule has 0 atom stereocenters. The van der Waals surface area contributed by atoms with E-state index in [9.17, 15) is 9.59 Å². The van der Waals surface area contributed by atoms with Crippen molar-refractivity contribution < 1.29 is 19.1 Å². The van der Waals surface area contributed by atoms with Gasteiger partial charge in [0.15, 0.2) is 11.5 Å². The number of anilines is 1. The molecule has 0 heterocycles. The molecule has 0 aliphatic carbocycles. The minimum Gasteiger partial charge on any atom is -0.493 e. The zero-order valence-corrected chi connectivity index (χ0v) is 16.8. The van der Waals surface area contributed by atoms with Crippen LogP contribution in [0.3, 0.4) is 0 Å². The molecular weight excluding hydrogens is 358 g/mol. The molecule has 28 heavy (non-hydrogen) atoms. The second-order valence-electron chi connectivity index (χ2n) is 6.38. The van der Waals surface area contributed by atoms with Crippen molar-refractivity contribution >= 4 is 23.2 Å². The van der Waals surface area contributed by atoms with Crippen LogP contribution in [0.1, 0.15) is 34.8 Å². The fourth-order valence-electron chi connectivity index (χ4n) is 2.48. The van der Waals surface area contributed by atoms with Crippen LogP contribution in [0, 0.1) is 13.8 Å². The van der Waals surface area contributed by atoms with Crippen molar-refractivity contribution in [1.82, 2.24) is 5.43 Å². The molecule has 2 aromatic carbocycles. The molecule has 0 bridgehead atoms. The second kappa shape index (κ2) is 9.55. The summed E-state index contributed by atoms with van der Waals surface area (Å²) in [7, 11) is 3.02. The van der Waals surface area contributed by atoms with Gasteiger partial charge in [0, 0.05) is 17.0 Å². The number of methoxy groups -OCH3 is 2. The van der Waals surface area contributed by atoms with Gasteiger partial charge >= 0.3 is 0 Å². The van der Waals surface area contributed by atoms with E-state index < -0.39 is 5.91 Å². The van der Waals surface area contributed by atoms with Crippen LogP contribution in [0.4, 0.5) is 5.69 Å². The molecule has 2 rings (SSSR count). The Morgan fingerprint density at radius 2 is 1.68 bits per heavy atom. The monoisotopic (exact) mass is 383 g/mol. The Bertz CT molecular complexity index is 907. The maximum atomic E-state index is 12.2. The number of carbonyl (C=O) groups is 2. The van der Waals surface area contributed by atoms with Gasteiger partial charge in [-0.05, 0) is 62.2 Å². The molecule has 0 aromatic heterocycles. The Balaban J connectivity index is 1.95. The molecule has 0 aliphatic rings.